The van der Waals surface area contributed by atoms with Gasteiger partial charge in [-0.1, -0.05) is 96.8 Å². The molecule has 0 bridgehead atoms. The lowest BCUT2D eigenvalue weighted by atomic mass is 10.0. The number of unbranched alkanes of at least 4 members (excludes halogenated alkanes) is 13. The molecule has 0 radical (unpaired) electrons. The van der Waals surface area contributed by atoms with Gasteiger partial charge in [-0.25, -0.2) is 0 Å². The SMILES string of the molecule is CCCCCCCCCCCCCCCC[C@H](COC[C@H](O)CO)OC. The first-order chi connectivity index (χ1) is 12.7. The van der Waals surface area contributed by atoms with E-state index in [2.05, 4.69) is 6.92 Å². The van der Waals surface area contributed by atoms with Crippen molar-refractivity contribution in [3.63, 3.8) is 0 Å². The molecular formula is C22H46O4. The van der Waals surface area contributed by atoms with Gasteiger partial charge in [0.05, 0.1) is 25.9 Å². The second kappa shape index (κ2) is 21.1. The van der Waals surface area contributed by atoms with Crippen molar-refractivity contribution in [2.45, 2.75) is 115 Å². The standard InChI is InChI=1S/C22H46O4/c1-3-4-5-6-7-8-9-10-11-12-13-14-15-16-17-22(25-2)20-26-19-21(24)18-23/h21-24H,3-20H2,1-2H3/t21-,22-/m1/s1. The van der Waals surface area contributed by atoms with E-state index in [0.29, 0.717) is 6.61 Å². The lowest BCUT2D eigenvalue weighted by Crippen LogP contribution is -2.24. The molecule has 0 aliphatic heterocycles. The number of aliphatic hydroxyl groups is 2. The van der Waals surface area contributed by atoms with Crippen LogP contribution in [0.5, 0.6) is 0 Å². The van der Waals surface area contributed by atoms with Crippen molar-refractivity contribution in [2.75, 3.05) is 26.9 Å². The third-order valence-electron chi connectivity index (χ3n) is 5.04. The quantitative estimate of drug-likeness (QED) is 0.270. The number of methoxy groups -OCH3 is 1. The van der Waals surface area contributed by atoms with E-state index in [4.69, 9.17) is 14.6 Å². The lowest BCUT2D eigenvalue weighted by Gasteiger charge is -2.16. The van der Waals surface area contributed by atoms with Crippen LogP contribution in [0.4, 0.5) is 0 Å². The van der Waals surface area contributed by atoms with Crippen molar-refractivity contribution < 1.29 is 19.7 Å². The Hall–Kier alpha value is -0.160. The molecule has 0 heterocycles. The molecule has 0 aliphatic rings. The summed E-state index contributed by atoms with van der Waals surface area (Å²) in [6, 6.07) is 0. The second-order valence-electron chi connectivity index (χ2n) is 7.62. The summed E-state index contributed by atoms with van der Waals surface area (Å²) in [6.07, 6.45) is 19.5. The summed E-state index contributed by atoms with van der Waals surface area (Å²) in [7, 11) is 1.71. The van der Waals surface area contributed by atoms with Crippen LogP contribution in [0.25, 0.3) is 0 Å². The highest BCUT2D eigenvalue weighted by Crippen LogP contribution is 2.14. The van der Waals surface area contributed by atoms with Crippen LogP contribution >= 0.6 is 0 Å². The summed E-state index contributed by atoms with van der Waals surface area (Å²) in [5.74, 6) is 0. The van der Waals surface area contributed by atoms with Crippen molar-refractivity contribution in [2.24, 2.45) is 0 Å². The largest absolute Gasteiger partial charge is 0.394 e. The molecule has 0 amide bonds. The molecule has 0 aromatic heterocycles. The molecule has 0 aromatic carbocycles. The Bertz CT molecular complexity index is 261. The maximum atomic E-state index is 9.24. The first kappa shape index (κ1) is 25.8. The minimum Gasteiger partial charge on any atom is -0.394 e. The number of ether oxygens (including phenoxy) is 2. The molecule has 2 N–H and O–H groups in total. The highest BCUT2D eigenvalue weighted by atomic mass is 16.5. The van der Waals surface area contributed by atoms with Gasteiger partial charge in [-0.2, -0.15) is 0 Å². The van der Waals surface area contributed by atoms with Crippen LogP contribution in [0.15, 0.2) is 0 Å². The normalized spacial score (nSPS) is 13.8. The zero-order valence-electron chi connectivity index (χ0n) is 17.6. The fourth-order valence-corrected chi connectivity index (χ4v) is 3.22. The maximum Gasteiger partial charge on any atom is 0.100 e. The summed E-state index contributed by atoms with van der Waals surface area (Å²) in [6.45, 7) is 2.69. The van der Waals surface area contributed by atoms with E-state index < -0.39 is 6.10 Å². The summed E-state index contributed by atoms with van der Waals surface area (Å²) in [4.78, 5) is 0. The van der Waals surface area contributed by atoms with Gasteiger partial charge in [-0.15, -0.1) is 0 Å². The summed E-state index contributed by atoms with van der Waals surface area (Å²) in [5.41, 5.74) is 0. The summed E-state index contributed by atoms with van der Waals surface area (Å²) in [5, 5.41) is 18.0. The van der Waals surface area contributed by atoms with E-state index in [1.54, 1.807) is 7.11 Å². The molecular weight excluding hydrogens is 328 g/mol. The molecule has 0 aromatic rings. The molecule has 0 rings (SSSR count). The third-order valence-corrected chi connectivity index (χ3v) is 5.04. The van der Waals surface area contributed by atoms with Crippen molar-refractivity contribution in [1.82, 2.24) is 0 Å². The minimum atomic E-state index is -0.784. The van der Waals surface area contributed by atoms with Crippen molar-refractivity contribution >= 4 is 0 Å². The molecule has 0 fully saturated rings. The van der Waals surface area contributed by atoms with E-state index in [9.17, 15) is 5.11 Å². The number of rotatable bonds is 21. The minimum absolute atomic E-state index is 0.0956. The zero-order valence-corrected chi connectivity index (χ0v) is 17.6. The van der Waals surface area contributed by atoms with Gasteiger partial charge in [-0.3, -0.25) is 0 Å². The van der Waals surface area contributed by atoms with Crippen LogP contribution in [-0.2, 0) is 9.47 Å². The first-order valence-corrected chi connectivity index (χ1v) is 11.1. The molecule has 0 unspecified atom stereocenters. The highest BCUT2D eigenvalue weighted by molar-refractivity contribution is 4.59. The Morgan fingerprint density at radius 1 is 0.692 bits per heavy atom. The van der Waals surface area contributed by atoms with E-state index in [1.807, 2.05) is 0 Å². The maximum absolute atomic E-state index is 9.24. The van der Waals surface area contributed by atoms with E-state index in [1.165, 1.54) is 89.9 Å². The molecule has 158 valence electrons. The average molecular weight is 375 g/mol. The topological polar surface area (TPSA) is 58.9 Å². The molecule has 0 aliphatic carbocycles. The van der Waals surface area contributed by atoms with Gasteiger partial charge >= 0.3 is 0 Å². The number of aliphatic hydroxyl groups excluding tert-OH is 2. The Kier molecular flexibility index (Phi) is 21.0. The lowest BCUT2D eigenvalue weighted by molar-refractivity contribution is -0.0381. The fraction of sp³-hybridized carbons (Fsp3) is 1.00. The third kappa shape index (κ3) is 18.6. The number of hydrogen-bond donors (Lipinski definition) is 2. The van der Waals surface area contributed by atoms with Crippen LogP contribution in [-0.4, -0.2) is 49.4 Å². The zero-order chi connectivity index (χ0) is 19.3. The van der Waals surface area contributed by atoms with Gasteiger partial charge in [0.1, 0.15) is 6.10 Å². The van der Waals surface area contributed by atoms with E-state index in [0.717, 1.165) is 6.42 Å². The van der Waals surface area contributed by atoms with Crippen LogP contribution in [0.2, 0.25) is 0 Å². The van der Waals surface area contributed by atoms with Gasteiger partial charge in [0.15, 0.2) is 0 Å². The molecule has 4 heteroatoms. The summed E-state index contributed by atoms with van der Waals surface area (Å²) >= 11 is 0. The van der Waals surface area contributed by atoms with Crippen LogP contribution < -0.4 is 0 Å². The highest BCUT2D eigenvalue weighted by Gasteiger charge is 2.09. The monoisotopic (exact) mass is 374 g/mol. The smallest absolute Gasteiger partial charge is 0.100 e. The van der Waals surface area contributed by atoms with Crippen molar-refractivity contribution in [1.29, 1.82) is 0 Å². The molecule has 4 nitrogen and oxygen atoms in total. The average Bonchev–Trinajstić information content (AvgIpc) is 2.66. The summed E-state index contributed by atoms with van der Waals surface area (Å²) < 4.78 is 10.8. The number of hydrogen-bond acceptors (Lipinski definition) is 4. The first-order valence-electron chi connectivity index (χ1n) is 11.1. The Labute approximate surface area is 162 Å². The molecule has 2 atom stereocenters. The van der Waals surface area contributed by atoms with Crippen LogP contribution in [0.1, 0.15) is 103 Å². The Balaban J connectivity index is 3.26. The fourth-order valence-electron chi connectivity index (χ4n) is 3.22. The van der Waals surface area contributed by atoms with Crippen LogP contribution in [0, 0.1) is 0 Å². The molecule has 0 spiro atoms. The van der Waals surface area contributed by atoms with E-state index >= 15 is 0 Å². The molecule has 26 heavy (non-hydrogen) atoms. The van der Waals surface area contributed by atoms with E-state index in [-0.39, 0.29) is 19.3 Å². The Morgan fingerprint density at radius 2 is 1.15 bits per heavy atom. The molecule has 0 saturated carbocycles. The predicted molar refractivity (Wildman–Crippen MR) is 110 cm³/mol. The van der Waals surface area contributed by atoms with Crippen LogP contribution in [0.3, 0.4) is 0 Å². The Morgan fingerprint density at radius 3 is 1.58 bits per heavy atom. The second-order valence-corrected chi connectivity index (χ2v) is 7.62. The van der Waals surface area contributed by atoms with Gasteiger partial charge in [0.2, 0.25) is 0 Å². The molecule has 0 saturated heterocycles. The van der Waals surface area contributed by atoms with Gasteiger partial charge in [0, 0.05) is 7.11 Å². The van der Waals surface area contributed by atoms with Gasteiger partial charge in [-0.05, 0) is 6.42 Å². The predicted octanol–water partition coefficient (Wildman–Crippen LogP) is 5.24. The van der Waals surface area contributed by atoms with Gasteiger partial charge < -0.3 is 19.7 Å². The van der Waals surface area contributed by atoms with Crippen molar-refractivity contribution in [3.05, 3.63) is 0 Å². The van der Waals surface area contributed by atoms with Crippen molar-refractivity contribution in [3.8, 4) is 0 Å². The van der Waals surface area contributed by atoms with Gasteiger partial charge in [0.25, 0.3) is 0 Å².